The molecule has 3 nitrogen and oxygen atoms in total. The van der Waals surface area contributed by atoms with Crippen molar-refractivity contribution < 1.29 is 4.74 Å². The van der Waals surface area contributed by atoms with E-state index in [4.69, 9.17) is 4.74 Å². The van der Waals surface area contributed by atoms with Crippen LogP contribution in [0.15, 0.2) is 47.5 Å². The maximum Gasteiger partial charge on any atom is 0.237 e. The lowest BCUT2D eigenvalue weighted by atomic mass is 10.1. The summed E-state index contributed by atoms with van der Waals surface area (Å²) < 4.78 is 5.24. The number of hydrogen-bond donors (Lipinski definition) is 1. The molecule has 0 aliphatic heterocycles. The van der Waals surface area contributed by atoms with Gasteiger partial charge in [-0.2, -0.15) is 0 Å². The summed E-state index contributed by atoms with van der Waals surface area (Å²) in [6.07, 6.45) is 3.80. The van der Waals surface area contributed by atoms with Crippen LogP contribution in [0.1, 0.15) is 18.5 Å². The molecule has 100 valence electrons. The molecule has 1 heterocycles. The van der Waals surface area contributed by atoms with Crippen molar-refractivity contribution in [1.29, 1.82) is 0 Å². The second kappa shape index (κ2) is 6.48. The zero-order chi connectivity index (χ0) is 13.7. The summed E-state index contributed by atoms with van der Waals surface area (Å²) in [5.74, 6) is 0.620. The molecule has 0 aliphatic carbocycles. The first-order valence-corrected chi connectivity index (χ1v) is 7.36. The Morgan fingerprint density at radius 2 is 1.95 bits per heavy atom. The van der Waals surface area contributed by atoms with Gasteiger partial charge in [0.2, 0.25) is 5.88 Å². The van der Waals surface area contributed by atoms with Crippen LogP contribution in [-0.4, -0.2) is 18.3 Å². The van der Waals surface area contributed by atoms with Crippen molar-refractivity contribution in [2.24, 2.45) is 0 Å². The second-order valence-electron chi connectivity index (χ2n) is 4.20. The number of nitrogens with zero attached hydrogens (tertiary/aromatic N) is 1. The average Bonchev–Trinajstić information content (AvgIpc) is 2.48. The lowest BCUT2D eigenvalue weighted by Crippen LogP contribution is -2.08. The predicted molar refractivity (Wildman–Crippen MR) is 81.0 cm³/mol. The number of methoxy groups -OCH3 is 1. The molecule has 2 rings (SSSR count). The highest BCUT2D eigenvalue weighted by Gasteiger charge is 2.09. The van der Waals surface area contributed by atoms with E-state index < -0.39 is 0 Å². The van der Waals surface area contributed by atoms with Crippen LogP contribution >= 0.6 is 11.8 Å². The van der Waals surface area contributed by atoms with Crippen LogP contribution in [0, 0.1) is 0 Å². The van der Waals surface area contributed by atoms with Gasteiger partial charge in [-0.1, -0.05) is 12.1 Å². The molecular formula is C15H18N2OS. The lowest BCUT2D eigenvalue weighted by molar-refractivity contribution is 0.399. The van der Waals surface area contributed by atoms with E-state index in [9.17, 15) is 0 Å². The Morgan fingerprint density at radius 3 is 2.58 bits per heavy atom. The molecule has 2 aromatic rings. The van der Waals surface area contributed by atoms with Crippen LogP contribution in [0.3, 0.4) is 0 Å². The molecule has 0 aliphatic rings. The molecule has 0 saturated heterocycles. The summed E-state index contributed by atoms with van der Waals surface area (Å²) in [4.78, 5) is 5.46. The van der Waals surface area contributed by atoms with Crippen molar-refractivity contribution >= 4 is 17.4 Å². The quantitative estimate of drug-likeness (QED) is 0.836. The largest absolute Gasteiger partial charge is 0.480 e. The van der Waals surface area contributed by atoms with Gasteiger partial charge in [0.05, 0.1) is 12.8 Å². The van der Waals surface area contributed by atoms with Gasteiger partial charge in [-0.15, -0.1) is 11.8 Å². The van der Waals surface area contributed by atoms with E-state index in [2.05, 4.69) is 47.7 Å². The number of thioether (sulfide) groups is 1. The summed E-state index contributed by atoms with van der Waals surface area (Å²) in [6.45, 7) is 2.13. The van der Waals surface area contributed by atoms with Crippen molar-refractivity contribution in [1.82, 2.24) is 4.98 Å². The van der Waals surface area contributed by atoms with Crippen LogP contribution in [0.2, 0.25) is 0 Å². The Kier molecular flexibility index (Phi) is 4.68. The molecule has 0 fully saturated rings. The first-order chi connectivity index (χ1) is 9.24. The molecule has 1 aromatic carbocycles. The van der Waals surface area contributed by atoms with Crippen LogP contribution in [0.5, 0.6) is 5.88 Å². The van der Waals surface area contributed by atoms with Gasteiger partial charge in [0.15, 0.2) is 0 Å². The maximum absolute atomic E-state index is 5.24. The topological polar surface area (TPSA) is 34.1 Å². The lowest BCUT2D eigenvalue weighted by Gasteiger charge is -2.17. The van der Waals surface area contributed by atoms with Gasteiger partial charge in [-0.3, -0.25) is 0 Å². The SMILES string of the molecule is COc1ncccc1NC(C)c1ccc(SC)cc1. The number of ether oxygens (including phenoxy) is 1. The van der Waals surface area contributed by atoms with Crippen LogP contribution in [0.4, 0.5) is 5.69 Å². The highest BCUT2D eigenvalue weighted by Crippen LogP contribution is 2.26. The molecule has 1 N–H and O–H groups in total. The molecule has 1 unspecified atom stereocenters. The van der Waals surface area contributed by atoms with Gasteiger partial charge in [0, 0.05) is 17.1 Å². The Hall–Kier alpha value is -1.68. The number of benzene rings is 1. The van der Waals surface area contributed by atoms with Crippen molar-refractivity contribution in [2.45, 2.75) is 17.9 Å². The Bertz CT molecular complexity index is 528. The number of hydrogen-bond acceptors (Lipinski definition) is 4. The van der Waals surface area contributed by atoms with Gasteiger partial charge < -0.3 is 10.1 Å². The predicted octanol–water partition coefficient (Wildman–Crippen LogP) is 3.99. The molecule has 1 aromatic heterocycles. The number of rotatable bonds is 5. The van der Waals surface area contributed by atoms with E-state index in [0.717, 1.165) is 5.69 Å². The molecule has 0 saturated carbocycles. The zero-order valence-electron chi connectivity index (χ0n) is 11.4. The van der Waals surface area contributed by atoms with E-state index in [1.807, 2.05) is 12.1 Å². The molecule has 0 amide bonds. The monoisotopic (exact) mass is 274 g/mol. The third kappa shape index (κ3) is 3.41. The minimum absolute atomic E-state index is 0.203. The first kappa shape index (κ1) is 13.7. The Labute approximate surface area is 118 Å². The fourth-order valence-electron chi connectivity index (χ4n) is 1.87. The highest BCUT2D eigenvalue weighted by molar-refractivity contribution is 7.98. The van der Waals surface area contributed by atoms with E-state index in [0.29, 0.717) is 5.88 Å². The van der Waals surface area contributed by atoms with Gasteiger partial charge in [0.25, 0.3) is 0 Å². The maximum atomic E-state index is 5.24. The third-order valence-corrected chi connectivity index (χ3v) is 3.70. The van der Waals surface area contributed by atoms with Crippen molar-refractivity contribution in [2.75, 3.05) is 18.7 Å². The van der Waals surface area contributed by atoms with E-state index in [1.165, 1.54) is 10.5 Å². The minimum Gasteiger partial charge on any atom is -0.480 e. The summed E-state index contributed by atoms with van der Waals surface area (Å²) in [6, 6.07) is 12.6. The zero-order valence-corrected chi connectivity index (χ0v) is 12.2. The van der Waals surface area contributed by atoms with Crippen LogP contribution in [-0.2, 0) is 0 Å². The molecule has 1 atom stereocenters. The Morgan fingerprint density at radius 1 is 1.21 bits per heavy atom. The summed E-state index contributed by atoms with van der Waals surface area (Å²) >= 11 is 1.75. The fourth-order valence-corrected chi connectivity index (χ4v) is 2.28. The number of pyridine rings is 1. The van der Waals surface area contributed by atoms with E-state index in [-0.39, 0.29) is 6.04 Å². The number of nitrogens with one attached hydrogen (secondary N) is 1. The summed E-state index contributed by atoms with van der Waals surface area (Å²) in [5.41, 5.74) is 2.15. The second-order valence-corrected chi connectivity index (χ2v) is 5.08. The smallest absolute Gasteiger partial charge is 0.237 e. The Balaban J connectivity index is 2.13. The first-order valence-electron chi connectivity index (χ1n) is 6.14. The summed E-state index contributed by atoms with van der Waals surface area (Å²) in [5, 5.41) is 3.42. The van der Waals surface area contributed by atoms with Crippen molar-refractivity contribution in [3.05, 3.63) is 48.2 Å². The van der Waals surface area contributed by atoms with Gasteiger partial charge in [0.1, 0.15) is 0 Å². The van der Waals surface area contributed by atoms with E-state index >= 15 is 0 Å². The van der Waals surface area contributed by atoms with Crippen molar-refractivity contribution in [3.63, 3.8) is 0 Å². The van der Waals surface area contributed by atoms with Gasteiger partial charge >= 0.3 is 0 Å². The minimum atomic E-state index is 0.203. The summed E-state index contributed by atoms with van der Waals surface area (Å²) in [7, 11) is 1.63. The molecule has 4 heteroatoms. The fraction of sp³-hybridized carbons (Fsp3) is 0.267. The normalized spacial score (nSPS) is 11.9. The van der Waals surface area contributed by atoms with Gasteiger partial charge in [-0.25, -0.2) is 4.98 Å². The number of anilines is 1. The van der Waals surface area contributed by atoms with Gasteiger partial charge in [-0.05, 0) is 43.0 Å². The molecular weight excluding hydrogens is 256 g/mol. The standard InChI is InChI=1S/C15H18N2OS/c1-11(12-6-8-13(19-3)9-7-12)17-14-5-4-10-16-15(14)18-2/h4-11,17H,1-3H3. The average molecular weight is 274 g/mol. The molecule has 19 heavy (non-hydrogen) atoms. The highest BCUT2D eigenvalue weighted by atomic mass is 32.2. The van der Waals surface area contributed by atoms with E-state index in [1.54, 1.807) is 25.1 Å². The van der Waals surface area contributed by atoms with Crippen LogP contribution in [0.25, 0.3) is 0 Å². The molecule has 0 radical (unpaired) electrons. The van der Waals surface area contributed by atoms with Crippen LogP contribution < -0.4 is 10.1 Å². The third-order valence-electron chi connectivity index (χ3n) is 2.95. The number of aromatic nitrogens is 1. The van der Waals surface area contributed by atoms with Crippen molar-refractivity contribution in [3.8, 4) is 5.88 Å². The molecule has 0 bridgehead atoms. The molecule has 0 spiro atoms.